The van der Waals surface area contributed by atoms with E-state index in [9.17, 15) is 4.79 Å². The van der Waals surface area contributed by atoms with Crippen molar-refractivity contribution in [2.75, 3.05) is 5.73 Å². The lowest BCUT2D eigenvalue weighted by molar-refractivity contribution is 0.108. The molecule has 1 aromatic rings. The van der Waals surface area contributed by atoms with Crippen molar-refractivity contribution in [1.29, 1.82) is 0 Å². The highest BCUT2D eigenvalue weighted by Crippen LogP contribution is 2.25. The van der Waals surface area contributed by atoms with Gasteiger partial charge in [0.25, 0.3) is 5.24 Å². The predicted molar refractivity (Wildman–Crippen MR) is 50.8 cm³/mol. The van der Waals surface area contributed by atoms with Gasteiger partial charge in [0.05, 0.1) is 16.3 Å². The van der Waals surface area contributed by atoms with Crippen LogP contribution in [0.5, 0.6) is 0 Å². The lowest BCUT2D eigenvalue weighted by atomic mass is 10.1. The Morgan fingerprint density at radius 2 is 2.08 bits per heavy atom. The molecule has 0 aliphatic heterocycles. The molecule has 0 atom stereocenters. The van der Waals surface area contributed by atoms with Gasteiger partial charge < -0.3 is 5.73 Å². The van der Waals surface area contributed by atoms with E-state index in [1.165, 1.54) is 0 Å². The smallest absolute Gasteiger partial charge is 0.254 e. The van der Waals surface area contributed by atoms with Crippen LogP contribution in [0.1, 0.15) is 15.9 Å². The van der Waals surface area contributed by atoms with Crippen LogP contribution in [0, 0.1) is 6.92 Å². The summed E-state index contributed by atoms with van der Waals surface area (Å²) in [5, 5.41) is -0.225. The first-order valence-electron chi connectivity index (χ1n) is 3.28. The molecule has 0 aliphatic carbocycles. The van der Waals surface area contributed by atoms with Crippen LogP contribution in [0.3, 0.4) is 0 Å². The van der Waals surface area contributed by atoms with Gasteiger partial charge in [0.1, 0.15) is 0 Å². The van der Waals surface area contributed by atoms with E-state index < -0.39 is 5.24 Å². The summed E-state index contributed by atoms with van der Waals surface area (Å²) in [5.74, 6) is 0. The number of anilines is 1. The Morgan fingerprint density at radius 3 is 2.58 bits per heavy atom. The molecule has 0 aromatic heterocycles. The van der Waals surface area contributed by atoms with E-state index in [0.717, 1.165) is 5.56 Å². The maximum atomic E-state index is 10.8. The lowest BCUT2D eigenvalue weighted by Crippen LogP contribution is -1.99. The van der Waals surface area contributed by atoms with Gasteiger partial charge >= 0.3 is 0 Å². The Kier molecular flexibility index (Phi) is 2.60. The van der Waals surface area contributed by atoms with Crippen LogP contribution in [0.4, 0.5) is 5.69 Å². The number of nitrogens with two attached hydrogens (primary N) is 1. The van der Waals surface area contributed by atoms with Crippen LogP contribution in [-0.2, 0) is 0 Å². The summed E-state index contributed by atoms with van der Waals surface area (Å²) in [5.41, 5.74) is 6.88. The van der Waals surface area contributed by atoms with Crippen molar-refractivity contribution in [3.63, 3.8) is 0 Å². The molecule has 1 aromatic carbocycles. The molecule has 0 fully saturated rings. The van der Waals surface area contributed by atoms with E-state index in [1.807, 2.05) is 6.92 Å². The van der Waals surface area contributed by atoms with Crippen molar-refractivity contribution in [2.45, 2.75) is 6.92 Å². The molecule has 0 saturated heterocycles. The second-order valence-electron chi connectivity index (χ2n) is 2.48. The number of aryl methyl sites for hydroxylation is 1. The van der Waals surface area contributed by atoms with Gasteiger partial charge in [-0.2, -0.15) is 0 Å². The Hall–Kier alpha value is -0.730. The van der Waals surface area contributed by atoms with Crippen LogP contribution in [-0.4, -0.2) is 5.24 Å². The van der Waals surface area contributed by atoms with Gasteiger partial charge in [0.15, 0.2) is 0 Å². The Bertz CT molecular complexity index is 336. The van der Waals surface area contributed by atoms with Crippen molar-refractivity contribution in [3.05, 3.63) is 28.3 Å². The van der Waals surface area contributed by atoms with Crippen LogP contribution < -0.4 is 5.73 Å². The van der Waals surface area contributed by atoms with E-state index in [0.29, 0.717) is 5.02 Å². The molecule has 0 bridgehead atoms. The second-order valence-corrected chi connectivity index (χ2v) is 3.23. The normalized spacial score (nSPS) is 9.92. The van der Waals surface area contributed by atoms with E-state index >= 15 is 0 Å². The van der Waals surface area contributed by atoms with E-state index in [1.54, 1.807) is 12.1 Å². The van der Waals surface area contributed by atoms with E-state index in [4.69, 9.17) is 28.9 Å². The first-order chi connectivity index (χ1) is 5.52. The minimum atomic E-state index is -0.585. The number of halogens is 2. The van der Waals surface area contributed by atoms with Crippen LogP contribution in [0.15, 0.2) is 12.1 Å². The molecule has 1 rings (SSSR count). The SMILES string of the molecule is Cc1cc(Cl)c(N)c(C(=O)Cl)c1. The fourth-order valence-electron chi connectivity index (χ4n) is 0.916. The molecule has 12 heavy (non-hydrogen) atoms. The summed E-state index contributed by atoms with van der Waals surface area (Å²) < 4.78 is 0. The van der Waals surface area contributed by atoms with Crippen LogP contribution in [0.2, 0.25) is 5.02 Å². The fraction of sp³-hybridized carbons (Fsp3) is 0.125. The Morgan fingerprint density at radius 1 is 1.50 bits per heavy atom. The first-order valence-corrected chi connectivity index (χ1v) is 4.03. The molecule has 2 N–H and O–H groups in total. The largest absolute Gasteiger partial charge is 0.397 e. The van der Waals surface area contributed by atoms with Crippen molar-refractivity contribution < 1.29 is 4.79 Å². The molecular weight excluding hydrogens is 197 g/mol. The second kappa shape index (κ2) is 3.33. The third-order valence-corrected chi connectivity index (χ3v) is 2.00. The van der Waals surface area contributed by atoms with Gasteiger partial charge in [0, 0.05) is 0 Å². The molecule has 0 unspecified atom stereocenters. The lowest BCUT2D eigenvalue weighted by Gasteiger charge is -2.03. The van der Waals surface area contributed by atoms with Gasteiger partial charge in [0.2, 0.25) is 0 Å². The van der Waals surface area contributed by atoms with Gasteiger partial charge in [-0.3, -0.25) is 4.79 Å². The van der Waals surface area contributed by atoms with Crippen LogP contribution in [0.25, 0.3) is 0 Å². The third-order valence-electron chi connectivity index (χ3n) is 1.49. The maximum absolute atomic E-state index is 10.8. The number of carbonyl (C=O) groups is 1. The average Bonchev–Trinajstić information content (AvgIpc) is 1.96. The summed E-state index contributed by atoms with van der Waals surface area (Å²) in [6, 6.07) is 3.29. The van der Waals surface area contributed by atoms with Gasteiger partial charge in [-0.1, -0.05) is 11.6 Å². The van der Waals surface area contributed by atoms with E-state index in [-0.39, 0.29) is 11.3 Å². The number of hydrogen-bond donors (Lipinski definition) is 1. The highest BCUT2D eigenvalue weighted by molar-refractivity contribution is 6.68. The summed E-state index contributed by atoms with van der Waals surface area (Å²) in [7, 11) is 0. The number of hydrogen-bond acceptors (Lipinski definition) is 2. The molecule has 0 spiro atoms. The standard InChI is InChI=1S/C8H7Cl2NO/c1-4-2-5(8(10)12)7(11)6(9)3-4/h2-3H,11H2,1H3. The Labute approximate surface area is 80.3 Å². The molecule has 64 valence electrons. The zero-order chi connectivity index (χ0) is 9.30. The Balaban J connectivity index is 3.37. The summed E-state index contributed by atoms with van der Waals surface area (Å²) in [6.45, 7) is 1.81. The predicted octanol–water partition coefficient (Wildman–Crippen LogP) is 2.61. The topological polar surface area (TPSA) is 43.1 Å². The van der Waals surface area contributed by atoms with E-state index in [2.05, 4.69) is 0 Å². The van der Waals surface area contributed by atoms with Gasteiger partial charge in [-0.25, -0.2) is 0 Å². The fourth-order valence-corrected chi connectivity index (χ4v) is 1.35. The highest BCUT2D eigenvalue weighted by atomic mass is 35.5. The zero-order valence-electron chi connectivity index (χ0n) is 6.40. The molecule has 0 saturated carbocycles. The minimum Gasteiger partial charge on any atom is -0.397 e. The molecule has 0 aliphatic rings. The van der Waals surface area contributed by atoms with Gasteiger partial charge in [-0.15, -0.1) is 0 Å². The number of rotatable bonds is 1. The molecule has 4 heteroatoms. The number of benzene rings is 1. The molecule has 2 nitrogen and oxygen atoms in total. The van der Waals surface area contributed by atoms with Crippen LogP contribution >= 0.6 is 23.2 Å². The van der Waals surface area contributed by atoms with Crippen molar-refractivity contribution in [1.82, 2.24) is 0 Å². The molecule has 0 amide bonds. The quantitative estimate of drug-likeness (QED) is 0.564. The molecule has 0 radical (unpaired) electrons. The highest BCUT2D eigenvalue weighted by Gasteiger charge is 2.09. The number of carbonyl (C=O) groups excluding carboxylic acids is 1. The average molecular weight is 204 g/mol. The summed E-state index contributed by atoms with van der Waals surface area (Å²) >= 11 is 11.0. The number of nitrogen functional groups attached to an aromatic ring is 1. The summed E-state index contributed by atoms with van der Waals surface area (Å²) in [4.78, 5) is 10.8. The monoisotopic (exact) mass is 203 g/mol. The zero-order valence-corrected chi connectivity index (χ0v) is 7.91. The molecular formula is C8H7Cl2NO. The van der Waals surface area contributed by atoms with Gasteiger partial charge in [-0.05, 0) is 36.2 Å². The van der Waals surface area contributed by atoms with Crippen molar-refractivity contribution in [2.24, 2.45) is 0 Å². The summed E-state index contributed by atoms with van der Waals surface area (Å²) in [6.07, 6.45) is 0. The van der Waals surface area contributed by atoms with Crippen molar-refractivity contribution in [3.8, 4) is 0 Å². The third kappa shape index (κ3) is 1.71. The minimum absolute atomic E-state index is 0.238. The van der Waals surface area contributed by atoms with Crippen molar-refractivity contribution >= 4 is 34.1 Å². The first kappa shape index (κ1) is 9.36. The maximum Gasteiger partial charge on any atom is 0.254 e. The molecule has 0 heterocycles.